The Morgan fingerprint density at radius 3 is 2.67 bits per heavy atom. The molecule has 3 aromatic rings. The second kappa shape index (κ2) is 8.76. The molecule has 0 amide bonds. The second-order valence-electron chi connectivity index (χ2n) is 5.82. The van der Waals surface area contributed by atoms with Gasteiger partial charge in [-0.3, -0.25) is 9.78 Å². The summed E-state index contributed by atoms with van der Waals surface area (Å²) in [6.45, 7) is 1.73. The van der Waals surface area contributed by atoms with Crippen LogP contribution in [0.2, 0.25) is 0 Å². The van der Waals surface area contributed by atoms with Gasteiger partial charge in [0.1, 0.15) is 19.0 Å². The highest BCUT2D eigenvalue weighted by atomic mass is 16.6. The standard InChI is InChI=1S/C22H19NO4/c1-16(24)19-9-2-3-10-20(19)26-14-15-27-21(25)12-11-18-7-4-6-17-8-5-13-23-22(17)18/h2-13H,14-15H2,1H3/b12-11+. The number of fused-ring (bicyclic) bond motifs is 1. The second-order valence-corrected chi connectivity index (χ2v) is 5.82. The molecule has 0 aliphatic rings. The summed E-state index contributed by atoms with van der Waals surface area (Å²) in [7, 11) is 0. The number of hydrogen-bond donors (Lipinski definition) is 0. The number of nitrogens with zero attached hydrogens (tertiary/aromatic N) is 1. The Hall–Kier alpha value is -3.47. The molecule has 5 heteroatoms. The molecule has 0 fully saturated rings. The third kappa shape index (κ3) is 4.79. The fraction of sp³-hybridized carbons (Fsp3) is 0.136. The first-order chi connectivity index (χ1) is 13.1. The molecule has 1 aromatic heterocycles. The lowest BCUT2D eigenvalue weighted by Crippen LogP contribution is -2.11. The number of pyridine rings is 1. The van der Waals surface area contributed by atoms with E-state index in [0.717, 1.165) is 16.5 Å². The van der Waals surface area contributed by atoms with Gasteiger partial charge in [-0.25, -0.2) is 4.79 Å². The third-order valence-electron chi connectivity index (χ3n) is 3.91. The molecule has 0 N–H and O–H groups in total. The number of benzene rings is 2. The van der Waals surface area contributed by atoms with Crippen LogP contribution in [-0.2, 0) is 9.53 Å². The predicted molar refractivity (Wildman–Crippen MR) is 104 cm³/mol. The van der Waals surface area contributed by atoms with Crippen LogP contribution in [0, 0.1) is 0 Å². The minimum atomic E-state index is -0.466. The highest BCUT2D eigenvalue weighted by Gasteiger charge is 2.07. The fourth-order valence-corrected chi connectivity index (χ4v) is 2.65. The van der Waals surface area contributed by atoms with Crippen LogP contribution in [0.25, 0.3) is 17.0 Å². The van der Waals surface area contributed by atoms with Crippen molar-refractivity contribution in [1.29, 1.82) is 0 Å². The highest BCUT2D eigenvalue weighted by Crippen LogP contribution is 2.18. The number of aromatic nitrogens is 1. The third-order valence-corrected chi connectivity index (χ3v) is 3.91. The van der Waals surface area contributed by atoms with E-state index < -0.39 is 5.97 Å². The molecule has 0 saturated heterocycles. The van der Waals surface area contributed by atoms with E-state index in [1.165, 1.54) is 13.0 Å². The summed E-state index contributed by atoms with van der Waals surface area (Å²) in [6, 6.07) is 16.6. The number of ether oxygens (including phenoxy) is 2. The summed E-state index contributed by atoms with van der Waals surface area (Å²) in [5, 5.41) is 1.01. The molecule has 0 aliphatic carbocycles. The van der Waals surface area contributed by atoms with E-state index in [1.54, 1.807) is 36.5 Å². The molecule has 0 bridgehead atoms. The number of Topliss-reactive ketones (excluding diaryl/α,β-unsaturated/α-hetero) is 1. The van der Waals surface area contributed by atoms with Gasteiger partial charge in [-0.15, -0.1) is 0 Å². The summed E-state index contributed by atoms with van der Waals surface area (Å²) in [5.74, 6) is -0.0565. The lowest BCUT2D eigenvalue weighted by molar-refractivity contribution is -0.138. The Morgan fingerprint density at radius 1 is 1.00 bits per heavy atom. The maximum absolute atomic E-state index is 11.9. The minimum absolute atomic E-state index is 0.0748. The summed E-state index contributed by atoms with van der Waals surface area (Å²) in [6.07, 6.45) is 4.77. The molecule has 0 aliphatic heterocycles. The summed E-state index contributed by atoms with van der Waals surface area (Å²) >= 11 is 0. The SMILES string of the molecule is CC(=O)c1ccccc1OCCOC(=O)/C=C/c1cccc2cccnc12. The van der Waals surface area contributed by atoms with Gasteiger partial charge in [-0.1, -0.05) is 36.4 Å². The predicted octanol–water partition coefficient (Wildman–Crippen LogP) is 4.07. The highest BCUT2D eigenvalue weighted by molar-refractivity contribution is 5.96. The van der Waals surface area contributed by atoms with Crippen LogP contribution in [0.5, 0.6) is 5.75 Å². The molecule has 0 atom stereocenters. The zero-order chi connectivity index (χ0) is 19.1. The number of carbonyl (C=O) groups excluding carboxylic acids is 2. The average molecular weight is 361 g/mol. The van der Waals surface area contributed by atoms with Crippen LogP contribution in [0.4, 0.5) is 0 Å². The maximum atomic E-state index is 11.9. The van der Waals surface area contributed by atoms with Crippen molar-refractivity contribution in [3.05, 3.63) is 78.0 Å². The van der Waals surface area contributed by atoms with E-state index in [1.807, 2.05) is 30.3 Å². The molecular weight excluding hydrogens is 342 g/mol. The minimum Gasteiger partial charge on any atom is -0.489 e. The molecule has 3 rings (SSSR count). The van der Waals surface area contributed by atoms with Crippen LogP contribution in [0.15, 0.2) is 66.9 Å². The normalized spacial score (nSPS) is 10.9. The lowest BCUT2D eigenvalue weighted by Gasteiger charge is -2.09. The van der Waals surface area contributed by atoms with Gasteiger partial charge >= 0.3 is 5.97 Å². The smallest absolute Gasteiger partial charge is 0.330 e. The molecule has 0 spiro atoms. The largest absolute Gasteiger partial charge is 0.489 e. The van der Waals surface area contributed by atoms with Crippen molar-refractivity contribution < 1.29 is 19.1 Å². The summed E-state index contributed by atoms with van der Waals surface area (Å²) < 4.78 is 10.7. The van der Waals surface area contributed by atoms with Crippen molar-refractivity contribution in [1.82, 2.24) is 4.98 Å². The molecule has 1 heterocycles. The Labute approximate surface area is 157 Å². The van der Waals surface area contributed by atoms with E-state index in [-0.39, 0.29) is 19.0 Å². The zero-order valence-electron chi connectivity index (χ0n) is 14.9. The number of para-hydroxylation sites is 2. The Morgan fingerprint density at radius 2 is 1.81 bits per heavy atom. The first-order valence-corrected chi connectivity index (χ1v) is 8.56. The quantitative estimate of drug-likeness (QED) is 0.275. The molecule has 0 saturated carbocycles. The molecule has 27 heavy (non-hydrogen) atoms. The van der Waals surface area contributed by atoms with Gasteiger partial charge in [-0.05, 0) is 31.2 Å². The van der Waals surface area contributed by atoms with E-state index in [0.29, 0.717) is 11.3 Å². The molecule has 0 unspecified atom stereocenters. The summed E-state index contributed by atoms with van der Waals surface area (Å²) in [4.78, 5) is 27.8. The van der Waals surface area contributed by atoms with Gasteiger partial charge in [0.05, 0.1) is 11.1 Å². The van der Waals surface area contributed by atoms with Crippen molar-refractivity contribution in [2.45, 2.75) is 6.92 Å². The Kier molecular flexibility index (Phi) is 5.94. The number of ketones is 1. The molecule has 5 nitrogen and oxygen atoms in total. The first kappa shape index (κ1) is 18.3. The van der Waals surface area contributed by atoms with Crippen LogP contribution >= 0.6 is 0 Å². The average Bonchev–Trinajstić information content (AvgIpc) is 2.69. The van der Waals surface area contributed by atoms with Crippen molar-refractivity contribution in [2.24, 2.45) is 0 Å². The van der Waals surface area contributed by atoms with Crippen molar-refractivity contribution in [2.75, 3.05) is 13.2 Å². The monoisotopic (exact) mass is 361 g/mol. The van der Waals surface area contributed by atoms with Gasteiger partial charge < -0.3 is 9.47 Å². The van der Waals surface area contributed by atoms with Crippen LogP contribution < -0.4 is 4.74 Å². The van der Waals surface area contributed by atoms with E-state index in [4.69, 9.17) is 9.47 Å². The van der Waals surface area contributed by atoms with Gasteiger partial charge in [0, 0.05) is 23.2 Å². The molecular formula is C22H19NO4. The lowest BCUT2D eigenvalue weighted by atomic mass is 10.1. The van der Waals surface area contributed by atoms with E-state index >= 15 is 0 Å². The van der Waals surface area contributed by atoms with Crippen LogP contribution in [0.1, 0.15) is 22.8 Å². The van der Waals surface area contributed by atoms with E-state index in [2.05, 4.69) is 4.98 Å². The number of carbonyl (C=O) groups is 2. The Bertz CT molecular complexity index is 989. The topological polar surface area (TPSA) is 65.5 Å². The number of rotatable bonds is 7. The molecule has 0 radical (unpaired) electrons. The maximum Gasteiger partial charge on any atom is 0.330 e. The fourth-order valence-electron chi connectivity index (χ4n) is 2.65. The zero-order valence-corrected chi connectivity index (χ0v) is 14.9. The van der Waals surface area contributed by atoms with Crippen LogP contribution in [-0.4, -0.2) is 30.0 Å². The number of hydrogen-bond acceptors (Lipinski definition) is 5. The molecule has 2 aromatic carbocycles. The molecule has 136 valence electrons. The van der Waals surface area contributed by atoms with Crippen molar-refractivity contribution in [3.63, 3.8) is 0 Å². The van der Waals surface area contributed by atoms with Crippen molar-refractivity contribution >= 4 is 28.7 Å². The number of esters is 1. The van der Waals surface area contributed by atoms with Gasteiger partial charge in [-0.2, -0.15) is 0 Å². The summed E-state index contributed by atoms with van der Waals surface area (Å²) in [5.41, 5.74) is 2.18. The Balaban J connectivity index is 1.53. The van der Waals surface area contributed by atoms with Gasteiger partial charge in [0.15, 0.2) is 5.78 Å². The van der Waals surface area contributed by atoms with Gasteiger partial charge in [0.2, 0.25) is 0 Å². The van der Waals surface area contributed by atoms with E-state index in [9.17, 15) is 9.59 Å². The first-order valence-electron chi connectivity index (χ1n) is 8.56. The van der Waals surface area contributed by atoms with Crippen molar-refractivity contribution in [3.8, 4) is 5.75 Å². The van der Waals surface area contributed by atoms with Gasteiger partial charge in [0.25, 0.3) is 0 Å². The van der Waals surface area contributed by atoms with Crippen LogP contribution in [0.3, 0.4) is 0 Å².